The molecule has 2 N–H and O–H groups in total. The molecule has 0 unspecified atom stereocenters. The highest BCUT2D eigenvalue weighted by Gasteiger charge is 2.19. The summed E-state index contributed by atoms with van der Waals surface area (Å²) in [7, 11) is 0. The van der Waals surface area contributed by atoms with E-state index < -0.39 is 0 Å². The average Bonchev–Trinajstić information content (AvgIpc) is 3.15. The molecule has 0 radical (unpaired) electrons. The van der Waals surface area contributed by atoms with Crippen molar-refractivity contribution in [3.05, 3.63) is 60.6 Å². The molecule has 32 heavy (non-hydrogen) atoms. The molecular formula is C23H25Cl3N4OS. The fourth-order valence-electron chi connectivity index (χ4n) is 4.23. The minimum Gasteiger partial charge on any atom is -0.301 e. The lowest BCUT2D eigenvalue weighted by atomic mass is 9.85. The Bertz CT molecular complexity index is 1150. The van der Waals surface area contributed by atoms with Crippen LogP contribution in [0, 0.1) is 5.92 Å². The Kier molecular flexibility index (Phi) is 7.87. The quantitative estimate of drug-likeness (QED) is 0.262. The van der Waals surface area contributed by atoms with Gasteiger partial charge in [0, 0.05) is 16.9 Å². The topological polar surface area (TPSA) is 74.4 Å². The molecular weight excluding hydrogens is 487 g/mol. The third-order valence-corrected chi connectivity index (χ3v) is 8.00. The highest BCUT2D eigenvalue weighted by molar-refractivity contribution is 7.98. The molecule has 2 aromatic heterocycles. The van der Waals surface area contributed by atoms with Gasteiger partial charge in [0.25, 0.3) is 5.56 Å². The molecule has 170 valence electrons. The fraction of sp³-hybridized carbons (Fsp3) is 0.435. The fourth-order valence-corrected chi connectivity index (χ4v) is 5.69. The van der Waals surface area contributed by atoms with Crippen molar-refractivity contribution in [1.29, 1.82) is 0 Å². The van der Waals surface area contributed by atoms with Crippen LogP contribution in [0.5, 0.6) is 0 Å². The summed E-state index contributed by atoms with van der Waals surface area (Å²) in [6.07, 6.45) is 7.88. The van der Waals surface area contributed by atoms with Gasteiger partial charge in [-0.1, -0.05) is 91.7 Å². The largest absolute Gasteiger partial charge is 0.301 e. The molecule has 1 fully saturated rings. The van der Waals surface area contributed by atoms with Crippen LogP contribution in [0.3, 0.4) is 0 Å². The highest BCUT2D eigenvalue weighted by Crippen LogP contribution is 2.34. The Balaban J connectivity index is 1.51. The van der Waals surface area contributed by atoms with Gasteiger partial charge in [-0.2, -0.15) is 5.10 Å². The second-order valence-corrected chi connectivity index (χ2v) is 10.3. The van der Waals surface area contributed by atoms with Crippen LogP contribution in [0.4, 0.5) is 0 Å². The monoisotopic (exact) mass is 510 g/mol. The van der Waals surface area contributed by atoms with Crippen molar-refractivity contribution in [3.63, 3.8) is 0 Å². The molecule has 0 saturated heterocycles. The normalized spacial score (nSPS) is 14.8. The van der Waals surface area contributed by atoms with E-state index >= 15 is 0 Å². The molecule has 1 aliphatic carbocycles. The Morgan fingerprint density at radius 2 is 1.88 bits per heavy atom. The van der Waals surface area contributed by atoms with Crippen molar-refractivity contribution in [2.45, 2.75) is 62.8 Å². The molecule has 1 aromatic carbocycles. The number of rotatable bonds is 7. The summed E-state index contributed by atoms with van der Waals surface area (Å²) >= 11 is 20.2. The summed E-state index contributed by atoms with van der Waals surface area (Å²) in [4.78, 5) is 20.4. The SMILES string of the molecule is CCc1c(CC2CCCCC2)nc(SCc2n[nH]c(-c3ccc(Cl)c(Cl)c3)c2Cl)[nH]c1=O. The third kappa shape index (κ3) is 5.36. The maximum atomic E-state index is 12.7. The highest BCUT2D eigenvalue weighted by atomic mass is 35.5. The second-order valence-electron chi connectivity index (χ2n) is 8.13. The smallest absolute Gasteiger partial charge is 0.254 e. The first-order valence-electron chi connectivity index (χ1n) is 10.9. The molecule has 9 heteroatoms. The lowest BCUT2D eigenvalue weighted by Gasteiger charge is -2.22. The van der Waals surface area contributed by atoms with E-state index in [9.17, 15) is 4.79 Å². The summed E-state index contributed by atoms with van der Waals surface area (Å²) in [5.74, 6) is 1.10. The summed E-state index contributed by atoms with van der Waals surface area (Å²) in [5.41, 5.74) is 3.88. The number of thioether (sulfide) groups is 1. The van der Waals surface area contributed by atoms with E-state index in [4.69, 9.17) is 39.8 Å². The van der Waals surface area contributed by atoms with Crippen LogP contribution in [0.1, 0.15) is 56.0 Å². The molecule has 1 saturated carbocycles. The van der Waals surface area contributed by atoms with Crippen LogP contribution in [0.15, 0.2) is 28.2 Å². The van der Waals surface area contributed by atoms with E-state index in [1.165, 1.54) is 43.9 Å². The van der Waals surface area contributed by atoms with Gasteiger partial charge in [0.1, 0.15) is 0 Å². The van der Waals surface area contributed by atoms with E-state index in [-0.39, 0.29) is 5.56 Å². The number of hydrogen-bond donors (Lipinski definition) is 2. The standard InChI is InChI=1S/C23H25Cl3N4OS/c1-2-15-18(10-13-6-4-3-5-7-13)27-23(28-22(15)31)32-12-19-20(26)21(30-29-19)14-8-9-16(24)17(25)11-14/h8-9,11,13H,2-7,10,12H2,1H3,(H,29,30)(H,27,28,31). The Morgan fingerprint density at radius 1 is 1.09 bits per heavy atom. The Morgan fingerprint density at radius 3 is 2.59 bits per heavy atom. The third-order valence-electron chi connectivity index (χ3n) is 5.97. The first-order chi connectivity index (χ1) is 15.5. The number of H-pyrrole nitrogens is 2. The number of nitrogens with one attached hydrogen (secondary N) is 2. The zero-order chi connectivity index (χ0) is 22.7. The van der Waals surface area contributed by atoms with Crippen LogP contribution in [-0.4, -0.2) is 20.2 Å². The number of aromatic nitrogens is 4. The number of nitrogens with zero attached hydrogens (tertiary/aromatic N) is 2. The van der Waals surface area contributed by atoms with Gasteiger partial charge in [-0.3, -0.25) is 9.89 Å². The van der Waals surface area contributed by atoms with E-state index in [1.54, 1.807) is 12.1 Å². The van der Waals surface area contributed by atoms with Gasteiger partial charge in [-0.25, -0.2) is 4.98 Å². The average molecular weight is 512 g/mol. The van der Waals surface area contributed by atoms with Gasteiger partial charge >= 0.3 is 0 Å². The minimum atomic E-state index is -0.0413. The molecule has 0 amide bonds. The number of hydrogen-bond acceptors (Lipinski definition) is 4. The van der Waals surface area contributed by atoms with E-state index in [0.29, 0.717) is 49.7 Å². The molecule has 4 rings (SSSR count). The van der Waals surface area contributed by atoms with Crippen molar-refractivity contribution >= 4 is 46.6 Å². The lowest BCUT2D eigenvalue weighted by molar-refractivity contribution is 0.352. The van der Waals surface area contributed by atoms with Gasteiger partial charge in [0.05, 0.1) is 32.1 Å². The van der Waals surface area contributed by atoms with Gasteiger partial charge in [0.15, 0.2) is 5.16 Å². The molecule has 1 aliphatic rings. The van der Waals surface area contributed by atoms with Gasteiger partial charge < -0.3 is 4.98 Å². The molecule has 2 heterocycles. The molecule has 0 spiro atoms. The van der Waals surface area contributed by atoms with Crippen molar-refractivity contribution < 1.29 is 0 Å². The van der Waals surface area contributed by atoms with Gasteiger partial charge in [-0.05, 0) is 30.9 Å². The van der Waals surface area contributed by atoms with Crippen LogP contribution in [-0.2, 0) is 18.6 Å². The van der Waals surface area contributed by atoms with E-state index in [2.05, 4.69) is 15.2 Å². The number of aromatic amines is 2. The molecule has 5 nitrogen and oxygen atoms in total. The predicted octanol–water partition coefficient (Wildman–Crippen LogP) is 7.10. The van der Waals surface area contributed by atoms with Crippen molar-refractivity contribution in [2.24, 2.45) is 5.92 Å². The molecule has 0 atom stereocenters. The molecule has 3 aromatic rings. The van der Waals surface area contributed by atoms with Crippen LogP contribution < -0.4 is 5.56 Å². The van der Waals surface area contributed by atoms with Crippen molar-refractivity contribution in [3.8, 4) is 11.3 Å². The van der Waals surface area contributed by atoms with Crippen LogP contribution in [0.2, 0.25) is 15.1 Å². The maximum absolute atomic E-state index is 12.7. The maximum Gasteiger partial charge on any atom is 0.254 e. The van der Waals surface area contributed by atoms with E-state index in [1.807, 2.05) is 13.0 Å². The number of benzene rings is 1. The van der Waals surface area contributed by atoms with Crippen molar-refractivity contribution in [1.82, 2.24) is 20.2 Å². The lowest BCUT2D eigenvalue weighted by Crippen LogP contribution is -2.21. The Hall–Kier alpha value is -1.47. The Labute approximate surface area is 206 Å². The second kappa shape index (κ2) is 10.6. The zero-order valence-corrected chi connectivity index (χ0v) is 20.9. The van der Waals surface area contributed by atoms with Crippen LogP contribution >= 0.6 is 46.6 Å². The van der Waals surface area contributed by atoms with Gasteiger partial charge in [0.2, 0.25) is 0 Å². The predicted molar refractivity (Wildman–Crippen MR) is 133 cm³/mol. The van der Waals surface area contributed by atoms with Gasteiger partial charge in [-0.15, -0.1) is 0 Å². The molecule has 0 bridgehead atoms. The van der Waals surface area contributed by atoms with E-state index in [0.717, 1.165) is 23.2 Å². The first-order valence-corrected chi connectivity index (χ1v) is 13.0. The van der Waals surface area contributed by atoms with Crippen LogP contribution in [0.25, 0.3) is 11.3 Å². The van der Waals surface area contributed by atoms with Crippen molar-refractivity contribution in [2.75, 3.05) is 0 Å². The summed E-state index contributed by atoms with van der Waals surface area (Å²) in [6, 6.07) is 5.31. The zero-order valence-electron chi connectivity index (χ0n) is 17.8. The molecule has 0 aliphatic heterocycles. The summed E-state index contributed by atoms with van der Waals surface area (Å²) in [5, 5.41) is 9.40. The first kappa shape index (κ1) is 23.7. The summed E-state index contributed by atoms with van der Waals surface area (Å²) in [6.45, 7) is 2.01. The summed E-state index contributed by atoms with van der Waals surface area (Å²) < 4.78 is 0. The minimum absolute atomic E-state index is 0.0413. The number of halogens is 3.